The van der Waals surface area contributed by atoms with Crippen LogP contribution in [-0.4, -0.2) is 18.5 Å². The Morgan fingerprint density at radius 2 is 1.91 bits per heavy atom. The van der Waals surface area contributed by atoms with E-state index in [2.05, 4.69) is 5.32 Å². The largest absolute Gasteiger partial charge is 0.456 e. The Labute approximate surface area is 140 Å². The van der Waals surface area contributed by atoms with Crippen LogP contribution in [-0.2, 0) is 14.3 Å². The summed E-state index contributed by atoms with van der Waals surface area (Å²) >= 11 is 11.7. The van der Waals surface area contributed by atoms with E-state index in [0.717, 1.165) is 6.42 Å². The summed E-state index contributed by atoms with van der Waals surface area (Å²) in [4.78, 5) is 23.3. The molecule has 1 aromatic carbocycles. The Morgan fingerprint density at radius 3 is 2.59 bits per heavy atom. The van der Waals surface area contributed by atoms with Gasteiger partial charge in [-0.1, -0.05) is 48.9 Å². The predicted octanol–water partition coefficient (Wildman–Crippen LogP) is 4.45. The molecule has 1 aliphatic rings. The number of anilines is 1. The number of ether oxygens (including phenoxy) is 1. The highest BCUT2D eigenvalue weighted by Crippen LogP contribution is 2.28. The van der Waals surface area contributed by atoms with Gasteiger partial charge in [-0.25, -0.2) is 0 Å². The molecule has 1 saturated carbocycles. The van der Waals surface area contributed by atoms with Crippen LogP contribution < -0.4 is 5.32 Å². The zero-order valence-corrected chi connectivity index (χ0v) is 13.8. The topological polar surface area (TPSA) is 55.4 Å². The lowest BCUT2D eigenvalue weighted by molar-refractivity contribution is -0.147. The van der Waals surface area contributed by atoms with E-state index in [9.17, 15) is 9.59 Å². The van der Waals surface area contributed by atoms with Crippen molar-refractivity contribution in [3.63, 3.8) is 0 Å². The maximum Gasteiger partial charge on any atom is 0.306 e. The predicted molar refractivity (Wildman–Crippen MR) is 87.2 cm³/mol. The fourth-order valence-electron chi connectivity index (χ4n) is 2.61. The van der Waals surface area contributed by atoms with Gasteiger partial charge in [0.15, 0.2) is 6.61 Å². The molecule has 1 N–H and O–H groups in total. The Bertz CT molecular complexity index is 542. The zero-order valence-electron chi connectivity index (χ0n) is 12.2. The molecule has 22 heavy (non-hydrogen) atoms. The lowest BCUT2D eigenvalue weighted by Gasteiger charge is -2.09. The Morgan fingerprint density at radius 1 is 1.18 bits per heavy atom. The van der Waals surface area contributed by atoms with Gasteiger partial charge in [0.05, 0.1) is 10.0 Å². The van der Waals surface area contributed by atoms with Crippen LogP contribution in [0.25, 0.3) is 0 Å². The molecule has 0 radical (unpaired) electrons. The number of halogens is 2. The molecule has 0 unspecified atom stereocenters. The SMILES string of the molecule is O=C(COC(=O)CCC1CCCC1)Nc1ccc(Cl)c(Cl)c1. The standard InChI is InChI=1S/C16H19Cl2NO3/c17-13-7-6-12(9-14(13)18)19-15(20)10-22-16(21)8-5-11-3-1-2-4-11/h6-7,9,11H,1-5,8,10H2,(H,19,20). The van der Waals surface area contributed by atoms with Crippen LogP contribution in [0.2, 0.25) is 10.0 Å². The molecule has 6 heteroatoms. The van der Waals surface area contributed by atoms with Crippen LogP contribution >= 0.6 is 23.2 Å². The van der Waals surface area contributed by atoms with Crippen molar-refractivity contribution in [1.82, 2.24) is 0 Å². The second-order valence-electron chi connectivity index (χ2n) is 5.53. The summed E-state index contributed by atoms with van der Waals surface area (Å²) in [7, 11) is 0. The van der Waals surface area contributed by atoms with Gasteiger partial charge < -0.3 is 10.1 Å². The van der Waals surface area contributed by atoms with E-state index < -0.39 is 5.91 Å². The number of carbonyl (C=O) groups is 2. The molecule has 120 valence electrons. The minimum Gasteiger partial charge on any atom is -0.456 e. The summed E-state index contributed by atoms with van der Waals surface area (Å²) < 4.78 is 4.98. The second-order valence-corrected chi connectivity index (χ2v) is 6.34. The van der Waals surface area contributed by atoms with Gasteiger partial charge in [0.2, 0.25) is 0 Å². The number of carbonyl (C=O) groups excluding carboxylic acids is 2. The number of benzene rings is 1. The first kappa shape index (κ1) is 17.1. The summed E-state index contributed by atoms with van der Waals surface area (Å²) in [5, 5.41) is 3.37. The van der Waals surface area contributed by atoms with Crippen molar-refractivity contribution in [3.05, 3.63) is 28.2 Å². The van der Waals surface area contributed by atoms with Crippen LogP contribution in [0.5, 0.6) is 0 Å². The molecule has 0 spiro atoms. The molecule has 0 aromatic heterocycles. The second kappa shape index (κ2) is 8.39. The fourth-order valence-corrected chi connectivity index (χ4v) is 2.91. The monoisotopic (exact) mass is 343 g/mol. The first-order valence-electron chi connectivity index (χ1n) is 7.45. The van der Waals surface area contributed by atoms with Gasteiger partial charge in [0, 0.05) is 12.1 Å². The molecule has 0 bridgehead atoms. The van der Waals surface area contributed by atoms with Crippen molar-refractivity contribution in [3.8, 4) is 0 Å². The minimum absolute atomic E-state index is 0.288. The molecule has 0 aliphatic heterocycles. The summed E-state index contributed by atoms with van der Waals surface area (Å²) in [6.45, 7) is -0.288. The molecule has 1 amide bonds. The lowest BCUT2D eigenvalue weighted by Crippen LogP contribution is -2.21. The Balaban J connectivity index is 1.68. The van der Waals surface area contributed by atoms with Gasteiger partial charge in [-0.2, -0.15) is 0 Å². The normalized spacial score (nSPS) is 14.8. The number of rotatable bonds is 6. The van der Waals surface area contributed by atoms with Gasteiger partial charge in [-0.05, 0) is 30.5 Å². The number of amides is 1. The third kappa shape index (κ3) is 5.50. The summed E-state index contributed by atoms with van der Waals surface area (Å²) in [6, 6.07) is 4.77. The molecule has 1 aliphatic carbocycles. The highest BCUT2D eigenvalue weighted by molar-refractivity contribution is 6.42. The third-order valence-corrected chi connectivity index (χ3v) is 4.54. The van der Waals surface area contributed by atoms with Gasteiger partial charge in [-0.3, -0.25) is 9.59 Å². The first-order valence-corrected chi connectivity index (χ1v) is 8.20. The van der Waals surface area contributed by atoms with Crippen LogP contribution in [0.15, 0.2) is 18.2 Å². The van der Waals surface area contributed by atoms with Crippen molar-refractivity contribution >= 4 is 40.8 Å². The van der Waals surface area contributed by atoms with Crippen molar-refractivity contribution < 1.29 is 14.3 Å². The summed E-state index contributed by atoms with van der Waals surface area (Å²) in [5.41, 5.74) is 0.515. The van der Waals surface area contributed by atoms with Crippen molar-refractivity contribution in [1.29, 1.82) is 0 Å². The van der Waals surface area contributed by atoms with Crippen LogP contribution in [0, 0.1) is 5.92 Å². The van der Waals surface area contributed by atoms with E-state index in [4.69, 9.17) is 27.9 Å². The highest BCUT2D eigenvalue weighted by atomic mass is 35.5. The van der Waals surface area contributed by atoms with E-state index >= 15 is 0 Å². The van der Waals surface area contributed by atoms with Crippen molar-refractivity contribution in [2.24, 2.45) is 5.92 Å². The Hall–Kier alpha value is -1.26. The number of esters is 1. The maximum absolute atomic E-state index is 11.7. The molecular weight excluding hydrogens is 325 g/mol. The Kier molecular flexibility index (Phi) is 6.52. The van der Waals surface area contributed by atoms with E-state index in [0.29, 0.717) is 28.1 Å². The van der Waals surface area contributed by atoms with Crippen molar-refractivity contribution in [2.75, 3.05) is 11.9 Å². The molecule has 1 fully saturated rings. The van der Waals surface area contributed by atoms with Crippen LogP contribution in [0.3, 0.4) is 0 Å². The van der Waals surface area contributed by atoms with Crippen LogP contribution in [0.1, 0.15) is 38.5 Å². The molecule has 0 saturated heterocycles. The fraction of sp³-hybridized carbons (Fsp3) is 0.500. The number of nitrogens with one attached hydrogen (secondary N) is 1. The average Bonchev–Trinajstić information content (AvgIpc) is 3.00. The number of hydrogen-bond acceptors (Lipinski definition) is 3. The van der Waals surface area contributed by atoms with E-state index in [1.807, 2.05) is 0 Å². The molecular formula is C16H19Cl2NO3. The van der Waals surface area contributed by atoms with E-state index in [1.165, 1.54) is 25.7 Å². The molecule has 2 rings (SSSR count). The first-order chi connectivity index (χ1) is 10.5. The van der Waals surface area contributed by atoms with Gasteiger partial charge in [0.25, 0.3) is 5.91 Å². The zero-order chi connectivity index (χ0) is 15.9. The lowest BCUT2D eigenvalue weighted by atomic mass is 10.0. The van der Waals surface area contributed by atoms with Gasteiger partial charge >= 0.3 is 5.97 Å². The van der Waals surface area contributed by atoms with Crippen LogP contribution in [0.4, 0.5) is 5.69 Å². The van der Waals surface area contributed by atoms with Gasteiger partial charge in [-0.15, -0.1) is 0 Å². The summed E-state index contributed by atoms with van der Waals surface area (Å²) in [5.74, 6) is -0.0821. The number of hydrogen-bond donors (Lipinski definition) is 1. The highest BCUT2D eigenvalue weighted by Gasteiger charge is 2.17. The minimum atomic E-state index is -0.396. The van der Waals surface area contributed by atoms with E-state index in [1.54, 1.807) is 18.2 Å². The van der Waals surface area contributed by atoms with Crippen molar-refractivity contribution in [2.45, 2.75) is 38.5 Å². The van der Waals surface area contributed by atoms with Gasteiger partial charge in [0.1, 0.15) is 0 Å². The summed E-state index contributed by atoms with van der Waals surface area (Å²) in [6.07, 6.45) is 6.14. The molecule has 1 aromatic rings. The molecule has 0 atom stereocenters. The average molecular weight is 344 g/mol. The molecule has 0 heterocycles. The quantitative estimate of drug-likeness (QED) is 0.776. The smallest absolute Gasteiger partial charge is 0.306 e. The molecule has 4 nitrogen and oxygen atoms in total. The maximum atomic E-state index is 11.7. The third-order valence-electron chi connectivity index (χ3n) is 3.80. The van der Waals surface area contributed by atoms with E-state index in [-0.39, 0.29) is 12.6 Å².